The number of methoxy groups -OCH3 is 2. The summed E-state index contributed by atoms with van der Waals surface area (Å²) in [7, 11) is 2.84. The molecule has 0 amide bonds. The Kier molecular flexibility index (Phi) is 7.73. The minimum absolute atomic E-state index is 0.238. The van der Waals surface area contributed by atoms with Crippen LogP contribution in [0.5, 0.6) is 0 Å². The highest BCUT2D eigenvalue weighted by atomic mass is 35.5. The fraction of sp³-hybridized carbons (Fsp3) is 0.517. The van der Waals surface area contributed by atoms with Gasteiger partial charge < -0.3 is 14.8 Å². The number of rotatable bonds is 5. The summed E-state index contributed by atoms with van der Waals surface area (Å²) in [6.07, 6.45) is 11.1. The molecule has 2 heterocycles. The molecule has 3 aliphatic rings. The normalized spacial score (nSPS) is 20.5. The first-order chi connectivity index (χ1) is 17.5. The number of thiophene rings is 1. The zero-order chi connectivity index (χ0) is 25.2. The first-order valence-electron chi connectivity index (χ1n) is 13.1. The number of carbonyl (C=O) groups excluding carboxylic acids is 2. The molecule has 0 bridgehead atoms. The van der Waals surface area contributed by atoms with Crippen LogP contribution < -0.4 is 5.32 Å². The van der Waals surface area contributed by atoms with Gasteiger partial charge in [-0.25, -0.2) is 9.59 Å². The van der Waals surface area contributed by atoms with Gasteiger partial charge in [0, 0.05) is 21.1 Å². The number of benzene rings is 1. The molecule has 192 valence electrons. The van der Waals surface area contributed by atoms with Crippen LogP contribution in [0.25, 0.3) is 10.1 Å². The molecule has 1 aromatic carbocycles. The lowest BCUT2D eigenvalue weighted by atomic mass is 9.72. The van der Waals surface area contributed by atoms with E-state index in [9.17, 15) is 9.59 Å². The lowest BCUT2D eigenvalue weighted by Crippen LogP contribution is -2.39. The number of ether oxygens (including phenoxy) is 2. The van der Waals surface area contributed by atoms with Crippen molar-refractivity contribution >= 4 is 45.0 Å². The van der Waals surface area contributed by atoms with Gasteiger partial charge in [-0.15, -0.1) is 11.3 Å². The highest BCUT2D eigenvalue weighted by Crippen LogP contribution is 2.49. The topological polar surface area (TPSA) is 64.6 Å². The van der Waals surface area contributed by atoms with Crippen molar-refractivity contribution in [2.24, 2.45) is 11.8 Å². The average molecular weight is 528 g/mol. The highest BCUT2D eigenvalue weighted by molar-refractivity contribution is 7.17. The molecule has 5 rings (SSSR count). The second-order valence-corrected chi connectivity index (χ2v) is 11.5. The number of fused-ring (bicyclic) bond motifs is 1. The molecule has 2 aromatic rings. The maximum absolute atomic E-state index is 13.6. The van der Waals surface area contributed by atoms with Crippen LogP contribution in [-0.2, 0) is 19.1 Å². The molecule has 0 unspecified atom stereocenters. The SMILES string of the molecule is COC(=O)C1=C(C2CCCCC2)NC(C2CCCCC2)=C(C(=O)OC)C1c1csc2ccc(Cl)cc12. The van der Waals surface area contributed by atoms with E-state index in [4.69, 9.17) is 21.1 Å². The van der Waals surface area contributed by atoms with Crippen molar-refractivity contribution in [2.45, 2.75) is 70.1 Å². The van der Waals surface area contributed by atoms with Crippen LogP contribution in [0.4, 0.5) is 0 Å². The largest absolute Gasteiger partial charge is 0.466 e. The molecule has 0 saturated heterocycles. The Morgan fingerprint density at radius 2 is 1.39 bits per heavy atom. The summed E-state index contributed by atoms with van der Waals surface area (Å²) >= 11 is 8.03. The van der Waals surface area contributed by atoms with E-state index in [0.717, 1.165) is 78.4 Å². The third-order valence-electron chi connectivity index (χ3n) is 8.14. The molecule has 0 spiro atoms. The molecule has 2 fully saturated rings. The molecule has 5 nitrogen and oxygen atoms in total. The minimum Gasteiger partial charge on any atom is -0.466 e. The molecular formula is C29H34ClNO4S. The van der Waals surface area contributed by atoms with E-state index in [0.29, 0.717) is 16.2 Å². The third kappa shape index (κ3) is 4.70. The summed E-state index contributed by atoms with van der Waals surface area (Å²) < 4.78 is 11.8. The quantitative estimate of drug-likeness (QED) is 0.414. The van der Waals surface area contributed by atoms with Crippen molar-refractivity contribution in [3.8, 4) is 0 Å². The highest BCUT2D eigenvalue weighted by Gasteiger charge is 2.44. The van der Waals surface area contributed by atoms with Gasteiger partial charge in [-0.05, 0) is 72.0 Å². The Hall–Kier alpha value is -2.31. The Balaban J connectivity index is 1.78. The summed E-state index contributed by atoms with van der Waals surface area (Å²) in [6, 6.07) is 5.82. The van der Waals surface area contributed by atoms with E-state index >= 15 is 0 Å². The molecule has 2 saturated carbocycles. The summed E-state index contributed by atoms with van der Waals surface area (Å²) in [4.78, 5) is 27.1. The molecule has 1 N–H and O–H groups in total. The summed E-state index contributed by atoms with van der Waals surface area (Å²) in [6.45, 7) is 0. The fourth-order valence-corrected chi connectivity index (χ4v) is 7.53. The molecule has 0 radical (unpaired) electrons. The first kappa shape index (κ1) is 25.3. The van der Waals surface area contributed by atoms with E-state index in [1.54, 1.807) is 11.3 Å². The molecular weight excluding hydrogens is 494 g/mol. The summed E-state index contributed by atoms with van der Waals surface area (Å²) in [5.74, 6) is -0.868. The molecule has 7 heteroatoms. The molecule has 1 aromatic heterocycles. The minimum atomic E-state index is -0.563. The van der Waals surface area contributed by atoms with Crippen molar-refractivity contribution in [3.63, 3.8) is 0 Å². The van der Waals surface area contributed by atoms with Crippen molar-refractivity contribution in [3.05, 3.63) is 56.7 Å². The van der Waals surface area contributed by atoms with Gasteiger partial charge in [0.05, 0.1) is 31.3 Å². The number of hydrogen-bond donors (Lipinski definition) is 1. The van der Waals surface area contributed by atoms with Crippen LogP contribution >= 0.6 is 22.9 Å². The number of allylic oxidation sites excluding steroid dienone is 2. The van der Waals surface area contributed by atoms with Crippen molar-refractivity contribution < 1.29 is 19.1 Å². The molecule has 1 aliphatic heterocycles. The van der Waals surface area contributed by atoms with Crippen LogP contribution in [0.3, 0.4) is 0 Å². The van der Waals surface area contributed by atoms with Gasteiger partial charge in [0.2, 0.25) is 0 Å². The molecule has 2 aliphatic carbocycles. The molecule has 0 atom stereocenters. The van der Waals surface area contributed by atoms with E-state index in [1.165, 1.54) is 27.1 Å². The average Bonchev–Trinajstić information content (AvgIpc) is 3.34. The van der Waals surface area contributed by atoms with Crippen molar-refractivity contribution in [2.75, 3.05) is 14.2 Å². The van der Waals surface area contributed by atoms with Crippen LogP contribution in [0.1, 0.15) is 75.7 Å². The summed E-state index contributed by atoms with van der Waals surface area (Å²) in [5.41, 5.74) is 3.90. The smallest absolute Gasteiger partial charge is 0.336 e. The first-order valence-corrected chi connectivity index (χ1v) is 14.4. The van der Waals surface area contributed by atoms with Gasteiger partial charge in [0.25, 0.3) is 0 Å². The number of carbonyl (C=O) groups is 2. The predicted octanol–water partition coefficient (Wildman–Crippen LogP) is 7.26. The predicted molar refractivity (Wildman–Crippen MR) is 144 cm³/mol. The second-order valence-electron chi connectivity index (χ2n) is 10.2. The number of nitrogens with one attached hydrogen (secondary N) is 1. The van der Waals surface area contributed by atoms with Gasteiger partial charge in [-0.1, -0.05) is 50.1 Å². The van der Waals surface area contributed by atoms with Crippen LogP contribution in [-0.4, -0.2) is 26.2 Å². The third-order valence-corrected chi connectivity index (χ3v) is 9.36. The lowest BCUT2D eigenvalue weighted by Gasteiger charge is -2.39. The lowest BCUT2D eigenvalue weighted by molar-refractivity contribution is -0.137. The maximum atomic E-state index is 13.6. The zero-order valence-corrected chi connectivity index (χ0v) is 22.6. The Morgan fingerprint density at radius 1 is 0.861 bits per heavy atom. The second kappa shape index (κ2) is 11.0. The van der Waals surface area contributed by atoms with Crippen LogP contribution in [0.15, 0.2) is 46.1 Å². The Labute approximate surface area is 221 Å². The number of dihydropyridines is 1. The van der Waals surface area contributed by atoms with Gasteiger partial charge in [-0.2, -0.15) is 0 Å². The number of halogens is 1. The Morgan fingerprint density at radius 3 is 1.89 bits per heavy atom. The van der Waals surface area contributed by atoms with Crippen LogP contribution in [0, 0.1) is 11.8 Å². The number of hydrogen-bond acceptors (Lipinski definition) is 6. The fourth-order valence-electron chi connectivity index (χ4n) is 6.39. The van der Waals surface area contributed by atoms with E-state index < -0.39 is 17.9 Å². The maximum Gasteiger partial charge on any atom is 0.336 e. The van der Waals surface area contributed by atoms with E-state index in [1.807, 2.05) is 18.2 Å². The number of esters is 2. The van der Waals surface area contributed by atoms with Crippen LogP contribution in [0.2, 0.25) is 5.02 Å². The van der Waals surface area contributed by atoms with E-state index in [2.05, 4.69) is 10.7 Å². The van der Waals surface area contributed by atoms with Crippen molar-refractivity contribution in [1.29, 1.82) is 0 Å². The van der Waals surface area contributed by atoms with Gasteiger partial charge in [0.15, 0.2) is 0 Å². The zero-order valence-electron chi connectivity index (χ0n) is 21.0. The monoisotopic (exact) mass is 527 g/mol. The van der Waals surface area contributed by atoms with Gasteiger partial charge in [-0.3, -0.25) is 0 Å². The standard InChI is InChI=1S/C29H34ClNO4S/c1-34-28(32)24-23(21-16-36-22-14-13-19(30)15-20(21)22)25(29(33)35-2)27(18-11-7-4-8-12-18)31-26(24)17-9-5-3-6-10-17/h13-18,23,31H,3-12H2,1-2H3. The van der Waals surface area contributed by atoms with Gasteiger partial charge >= 0.3 is 11.9 Å². The van der Waals surface area contributed by atoms with Gasteiger partial charge in [0.1, 0.15) is 0 Å². The van der Waals surface area contributed by atoms with Crippen molar-refractivity contribution in [1.82, 2.24) is 5.32 Å². The van der Waals surface area contributed by atoms with E-state index in [-0.39, 0.29) is 11.8 Å². The summed E-state index contributed by atoms with van der Waals surface area (Å²) in [5, 5.41) is 7.37. The molecule has 36 heavy (non-hydrogen) atoms. The Bertz CT molecular complexity index is 1160.